The first kappa shape index (κ1) is 13.6. The van der Waals surface area contributed by atoms with E-state index >= 15 is 0 Å². The van der Waals surface area contributed by atoms with Crippen molar-refractivity contribution in [2.45, 2.75) is 25.8 Å². The second-order valence-corrected chi connectivity index (χ2v) is 4.66. The van der Waals surface area contributed by atoms with Crippen LogP contribution in [0.1, 0.15) is 30.5 Å². The van der Waals surface area contributed by atoms with Crippen LogP contribution in [0, 0.1) is 0 Å². The molecule has 19 heavy (non-hydrogen) atoms. The van der Waals surface area contributed by atoms with Gasteiger partial charge in [-0.15, -0.1) is 0 Å². The standard InChI is InChI=1S/C16H20N2O/c1-13(17)15-9-10-16(18-12-15)19-11-5-8-14-6-3-2-4-7-14/h2-4,6-7,9-10,12-13H,5,8,11,17H2,1H3/t13-/m1/s1. The van der Waals surface area contributed by atoms with E-state index in [1.807, 2.05) is 25.1 Å². The molecule has 1 aromatic carbocycles. The molecular formula is C16H20N2O. The van der Waals surface area contributed by atoms with Crippen molar-refractivity contribution in [3.8, 4) is 5.88 Å². The number of hydrogen-bond donors (Lipinski definition) is 1. The van der Waals surface area contributed by atoms with Crippen LogP contribution in [0.3, 0.4) is 0 Å². The van der Waals surface area contributed by atoms with Crippen molar-refractivity contribution in [2.75, 3.05) is 6.61 Å². The molecule has 2 N–H and O–H groups in total. The topological polar surface area (TPSA) is 48.1 Å². The van der Waals surface area contributed by atoms with Gasteiger partial charge in [-0.2, -0.15) is 0 Å². The van der Waals surface area contributed by atoms with E-state index in [-0.39, 0.29) is 6.04 Å². The summed E-state index contributed by atoms with van der Waals surface area (Å²) in [4.78, 5) is 4.24. The third-order valence-electron chi connectivity index (χ3n) is 2.99. The first-order valence-electron chi connectivity index (χ1n) is 6.64. The Balaban J connectivity index is 1.74. The fourth-order valence-corrected chi connectivity index (χ4v) is 1.84. The molecule has 0 fully saturated rings. The maximum Gasteiger partial charge on any atom is 0.213 e. The Morgan fingerprint density at radius 2 is 1.95 bits per heavy atom. The van der Waals surface area contributed by atoms with Crippen LogP contribution in [-0.2, 0) is 6.42 Å². The van der Waals surface area contributed by atoms with Crippen LogP contribution in [0.2, 0.25) is 0 Å². The highest BCUT2D eigenvalue weighted by Crippen LogP contribution is 2.12. The summed E-state index contributed by atoms with van der Waals surface area (Å²) in [5.74, 6) is 0.664. The van der Waals surface area contributed by atoms with Gasteiger partial charge in [-0.25, -0.2) is 4.98 Å². The number of hydrogen-bond acceptors (Lipinski definition) is 3. The second kappa shape index (κ2) is 6.90. The smallest absolute Gasteiger partial charge is 0.213 e. The molecule has 0 radical (unpaired) electrons. The third kappa shape index (κ3) is 4.38. The van der Waals surface area contributed by atoms with Crippen molar-refractivity contribution in [1.29, 1.82) is 0 Å². The Hall–Kier alpha value is -1.87. The van der Waals surface area contributed by atoms with Gasteiger partial charge in [0.25, 0.3) is 0 Å². The van der Waals surface area contributed by atoms with Crippen molar-refractivity contribution in [1.82, 2.24) is 4.98 Å². The van der Waals surface area contributed by atoms with Crippen molar-refractivity contribution < 1.29 is 4.74 Å². The fraction of sp³-hybridized carbons (Fsp3) is 0.312. The summed E-state index contributed by atoms with van der Waals surface area (Å²) < 4.78 is 5.61. The zero-order valence-electron chi connectivity index (χ0n) is 11.3. The lowest BCUT2D eigenvalue weighted by atomic mass is 10.1. The molecule has 0 bridgehead atoms. The van der Waals surface area contributed by atoms with Crippen molar-refractivity contribution >= 4 is 0 Å². The molecule has 1 atom stereocenters. The Morgan fingerprint density at radius 3 is 2.58 bits per heavy atom. The number of aromatic nitrogens is 1. The molecule has 0 saturated carbocycles. The lowest BCUT2D eigenvalue weighted by molar-refractivity contribution is 0.299. The molecule has 0 spiro atoms. The fourth-order valence-electron chi connectivity index (χ4n) is 1.84. The first-order valence-corrected chi connectivity index (χ1v) is 6.64. The number of aryl methyl sites for hydroxylation is 1. The Bertz CT molecular complexity index is 480. The van der Waals surface area contributed by atoms with E-state index in [2.05, 4.69) is 29.2 Å². The quantitative estimate of drug-likeness (QED) is 0.808. The van der Waals surface area contributed by atoms with E-state index in [1.165, 1.54) is 5.56 Å². The molecule has 1 aromatic heterocycles. The molecule has 3 nitrogen and oxygen atoms in total. The van der Waals surface area contributed by atoms with Crippen LogP contribution in [0.4, 0.5) is 0 Å². The molecule has 0 unspecified atom stereocenters. The van der Waals surface area contributed by atoms with Gasteiger partial charge in [0.2, 0.25) is 5.88 Å². The minimum absolute atomic E-state index is 0.0135. The molecule has 0 aliphatic carbocycles. The second-order valence-electron chi connectivity index (χ2n) is 4.66. The summed E-state index contributed by atoms with van der Waals surface area (Å²) >= 11 is 0. The molecule has 0 aliphatic rings. The van der Waals surface area contributed by atoms with E-state index in [1.54, 1.807) is 6.20 Å². The Kier molecular flexibility index (Phi) is 4.93. The summed E-state index contributed by atoms with van der Waals surface area (Å²) in [7, 11) is 0. The monoisotopic (exact) mass is 256 g/mol. The van der Waals surface area contributed by atoms with Crippen LogP contribution in [0.25, 0.3) is 0 Å². The molecule has 2 rings (SSSR count). The first-order chi connectivity index (χ1) is 9.25. The van der Waals surface area contributed by atoms with Crippen LogP contribution >= 0.6 is 0 Å². The summed E-state index contributed by atoms with van der Waals surface area (Å²) in [5.41, 5.74) is 8.13. The number of benzene rings is 1. The lowest BCUT2D eigenvalue weighted by Crippen LogP contribution is -2.06. The van der Waals surface area contributed by atoms with E-state index in [0.29, 0.717) is 12.5 Å². The van der Waals surface area contributed by atoms with Gasteiger partial charge in [0.15, 0.2) is 0 Å². The van der Waals surface area contributed by atoms with Gasteiger partial charge < -0.3 is 10.5 Å². The van der Waals surface area contributed by atoms with Gasteiger partial charge in [0, 0.05) is 18.3 Å². The highest BCUT2D eigenvalue weighted by atomic mass is 16.5. The summed E-state index contributed by atoms with van der Waals surface area (Å²) in [6.45, 7) is 2.62. The number of nitrogens with two attached hydrogens (primary N) is 1. The van der Waals surface area contributed by atoms with E-state index < -0.39 is 0 Å². The predicted octanol–water partition coefficient (Wildman–Crippen LogP) is 3.11. The SMILES string of the molecule is C[C@@H](N)c1ccc(OCCCc2ccccc2)nc1. The molecule has 0 saturated heterocycles. The average Bonchev–Trinajstić information content (AvgIpc) is 2.45. The average molecular weight is 256 g/mol. The molecule has 100 valence electrons. The van der Waals surface area contributed by atoms with Crippen molar-refractivity contribution in [3.63, 3.8) is 0 Å². The van der Waals surface area contributed by atoms with Crippen LogP contribution in [0.5, 0.6) is 5.88 Å². The maximum atomic E-state index is 5.77. The number of nitrogens with zero attached hydrogens (tertiary/aromatic N) is 1. The highest BCUT2D eigenvalue weighted by molar-refractivity contribution is 5.20. The minimum atomic E-state index is 0.0135. The normalized spacial score (nSPS) is 12.1. The van der Waals surface area contributed by atoms with Crippen molar-refractivity contribution in [3.05, 3.63) is 59.8 Å². The summed E-state index contributed by atoms with van der Waals surface area (Å²) in [6, 6.07) is 14.3. The van der Waals surface area contributed by atoms with E-state index in [4.69, 9.17) is 10.5 Å². The number of rotatable bonds is 6. The largest absolute Gasteiger partial charge is 0.478 e. The van der Waals surface area contributed by atoms with E-state index in [9.17, 15) is 0 Å². The Morgan fingerprint density at radius 1 is 1.16 bits per heavy atom. The minimum Gasteiger partial charge on any atom is -0.478 e. The molecule has 2 aromatic rings. The van der Waals surface area contributed by atoms with Crippen LogP contribution in [-0.4, -0.2) is 11.6 Å². The summed E-state index contributed by atoms with van der Waals surface area (Å²) in [5, 5.41) is 0. The van der Waals surface area contributed by atoms with Gasteiger partial charge in [-0.05, 0) is 30.9 Å². The van der Waals surface area contributed by atoms with Gasteiger partial charge in [0.05, 0.1) is 6.61 Å². The zero-order valence-corrected chi connectivity index (χ0v) is 11.3. The molecular weight excluding hydrogens is 236 g/mol. The lowest BCUT2D eigenvalue weighted by Gasteiger charge is -2.08. The molecule has 0 amide bonds. The zero-order chi connectivity index (χ0) is 13.5. The Labute approximate surface area is 114 Å². The highest BCUT2D eigenvalue weighted by Gasteiger charge is 2.01. The number of pyridine rings is 1. The van der Waals surface area contributed by atoms with Gasteiger partial charge in [-0.3, -0.25) is 0 Å². The summed E-state index contributed by atoms with van der Waals surface area (Å²) in [6.07, 6.45) is 3.79. The van der Waals surface area contributed by atoms with E-state index in [0.717, 1.165) is 18.4 Å². The molecule has 0 aliphatic heterocycles. The predicted molar refractivity (Wildman–Crippen MR) is 77.1 cm³/mol. The van der Waals surface area contributed by atoms with Gasteiger partial charge in [-0.1, -0.05) is 36.4 Å². The number of ether oxygens (including phenoxy) is 1. The van der Waals surface area contributed by atoms with Crippen LogP contribution < -0.4 is 10.5 Å². The van der Waals surface area contributed by atoms with Gasteiger partial charge in [0.1, 0.15) is 0 Å². The third-order valence-corrected chi connectivity index (χ3v) is 2.99. The molecule has 1 heterocycles. The van der Waals surface area contributed by atoms with Crippen LogP contribution in [0.15, 0.2) is 48.7 Å². The van der Waals surface area contributed by atoms with Gasteiger partial charge >= 0.3 is 0 Å². The van der Waals surface area contributed by atoms with Crippen molar-refractivity contribution in [2.24, 2.45) is 5.73 Å². The molecule has 3 heteroatoms. The maximum absolute atomic E-state index is 5.77.